The van der Waals surface area contributed by atoms with Gasteiger partial charge in [-0.1, -0.05) is 84.9 Å². The first kappa shape index (κ1) is 32.2. The Morgan fingerprint density at radius 1 is 0.630 bits per heavy atom. The van der Waals surface area contributed by atoms with E-state index in [2.05, 4.69) is 12.1 Å². The van der Waals surface area contributed by atoms with E-state index in [-0.39, 0.29) is 11.9 Å². The number of esters is 1. The number of hydrogen-bond donors (Lipinski definition) is 0. The van der Waals surface area contributed by atoms with Gasteiger partial charge in [0.15, 0.2) is 11.5 Å². The van der Waals surface area contributed by atoms with Gasteiger partial charge in [0.25, 0.3) is 0 Å². The number of para-hydroxylation sites is 1. The van der Waals surface area contributed by atoms with Gasteiger partial charge in [0.2, 0.25) is 0 Å². The highest BCUT2D eigenvalue weighted by Crippen LogP contribution is 2.30. The number of hydrogen-bond acceptors (Lipinski definition) is 6. The van der Waals surface area contributed by atoms with Crippen LogP contribution in [0.25, 0.3) is 0 Å². The molecule has 6 heteroatoms. The van der Waals surface area contributed by atoms with Crippen molar-refractivity contribution in [1.82, 2.24) is 0 Å². The second-order valence-electron chi connectivity index (χ2n) is 11.0. The van der Waals surface area contributed by atoms with E-state index >= 15 is 0 Å². The Morgan fingerprint density at radius 3 is 1.96 bits per heavy atom. The van der Waals surface area contributed by atoms with Gasteiger partial charge in [-0.05, 0) is 84.5 Å². The number of aryl methyl sites for hydroxylation is 2. The zero-order valence-corrected chi connectivity index (χ0v) is 26.0. The number of carbonyl (C=O) groups is 2. The van der Waals surface area contributed by atoms with Gasteiger partial charge in [-0.2, -0.15) is 0 Å². The van der Waals surface area contributed by atoms with Crippen LogP contribution in [0.2, 0.25) is 0 Å². The van der Waals surface area contributed by atoms with Gasteiger partial charge in [0, 0.05) is 12.8 Å². The molecule has 0 saturated heterocycles. The summed E-state index contributed by atoms with van der Waals surface area (Å²) < 4.78 is 23.3. The van der Waals surface area contributed by atoms with Crippen LogP contribution in [0.15, 0.2) is 133 Å². The second-order valence-corrected chi connectivity index (χ2v) is 11.0. The van der Waals surface area contributed by atoms with Gasteiger partial charge in [-0.25, -0.2) is 4.79 Å². The number of carbonyl (C=O) groups excluding carboxylic acids is 2. The molecule has 0 heterocycles. The Balaban J connectivity index is 1.16. The standard InChI is InChI=1S/C40H38O6/c1-43-39-27-31(21-26-38(39)46-40(42)33-13-7-3-8-14-33)17-22-34(41)28-37(44-29-32-11-5-2-6-12-32)25-20-30-18-23-36(24-19-30)45-35-15-9-4-10-16-35/h2-16,18-19,21,23-24,26-27,37H,17,20,22,25,28-29H2,1H3. The molecule has 0 bridgehead atoms. The summed E-state index contributed by atoms with van der Waals surface area (Å²) in [4.78, 5) is 25.7. The predicted molar refractivity (Wildman–Crippen MR) is 179 cm³/mol. The van der Waals surface area contributed by atoms with Crippen LogP contribution in [0.5, 0.6) is 23.0 Å². The van der Waals surface area contributed by atoms with Gasteiger partial charge in [-0.3, -0.25) is 4.79 Å². The van der Waals surface area contributed by atoms with Crippen LogP contribution < -0.4 is 14.2 Å². The monoisotopic (exact) mass is 614 g/mol. The van der Waals surface area contributed by atoms with Crippen LogP contribution in [-0.2, 0) is 29.0 Å². The number of rotatable bonds is 16. The van der Waals surface area contributed by atoms with Crippen molar-refractivity contribution >= 4 is 11.8 Å². The number of benzene rings is 5. The number of methoxy groups -OCH3 is 1. The SMILES string of the molecule is COc1cc(CCC(=O)CC(CCc2ccc(Oc3ccccc3)cc2)OCc2ccccc2)ccc1OC(=O)c1ccccc1. The molecular formula is C40H38O6. The molecule has 0 spiro atoms. The summed E-state index contributed by atoms with van der Waals surface area (Å²) >= 11 is 0. The summed E-state index contributed by atoms with van der Waals surface area (Å²) in [6.07, 6.45) is 2.50. The van der Waals surface area contributed by atoms with Crippen LogP contribution in [0.1, 0.15) is 46.3 Å². The normalized spacial score (nSPS) is 11.4. The summed E-state index contributed by atoms with van der Waals surface area (Å²) in [7, 11) is 1.53. The highest BCUT2D eigenvalue weighted by Gasteiger charge is 2.17. The first-order chi connectivity index (χ1) is 22.6. The lowest BCUT2D eigenvalue weighted by Crippen LogP contribution is -2.19. The van der Waals surface area contributed by atoms with E-state index < -0.39 is 5.97 Å². The molecule has 0 amide bonds. The van der Waals surface area contributed by atoms with Crippen LogP contribution in [0.3, 0.4) is 0 Å². The zero-order valence-electron chi connectivity index (χ0n) is 26.0. The molecule has 1 unspecified atom stereocenters. The Bertz CT molecular complexity index is 1670. The molecule has 0 saturated carbocycles. The van der Waals surface area contributed by atoms with Crippen molar-refractivity contribution in [3.05, 3.63) is 156 Å². The number of ether oxygens (including phenoxy) is 4. The summed E-state index contributed by atoms with van der Waals surface area (Å²) in [6, 6.07) is 41.9. The fraction of sp³-hybridized carbons (Fsp3) is 0.200. The molecule has 234 valence electrons. The Hall–Kier alpha value is -5.20. The van der Waals surface area contributed by atoms with Gasteiger partial charge >= 0.3 is 5.97 Å². The van der Waals surface area contributed by atoms with E-state index in [4.69, 9.17) is 18.9 Å². The van der Waals surface area contributed by atoms with Crippen molar-refractivity contribution in [3.63, 3.8) is 0 Å². The van der Waals surface area contributed by atoms with Crippen molar-refractivity contribution in [1.29, 1.82) is 0 Å². The lowest BCUT2D eigenvalue weighted by atomic mass is 9.99. The van der Waals surface area contributed by atoms with E-state index in [9.17, 15) is 9.59 Å². The van der Waals surface area contributed by atoms with Crippen LogP contribution in [0.4, 0.5) is 0 Å². The number of ketones is 1. The van der Waals surface area contributed by atoms with Crippen LogP contribution in [0, 0.1) is 0 Å². The van der Waals surface area contributed by atoms with E-state index in [1.54, 1.807) is 30.3 Å². The molecule has 0 aliphatic rings. The van der Waals surface area contributed by atoms with Crippen molar-refractivity contribution in [2.75, 3.05) is 7.11 Å². The maximum absolute atomic E-state index is 13.2. The summed E-state index contributed by atoms with van der Waals surface area (Å²) in [5.41, 5.74) is 3.60. The Labute approximate surface area is 270 Å². The maximum Gasteiger partial charge on any atom is 0.343 e. The first-order valence-corrected chi connectivity index (χ1v) is 15.5. The van der Waals surface area contributed by atoms with E-state index in [0.29, 0.717) is 49.4 Å². The third-order valence-electron chi connectivity index (χ3n) is 7.57. The molecule has 46 heavy (non-hydrogen) atoms. The molecule has 5 aromatic rings. The van der Waals surface area contributed by atoms with Crippen LogP contribution >= 0.6 is 0 Å². The molecule has 1 atom stereocenters. The van der Waals surface area contributed by atoms with Gasteiger partial charge in [0.1, 0.15) is 17.3 Å². The average molecular weight is 615 g/mol. The third kappa shape index (κ3) is 9.91. The summed E-state index contributed by atoms with van der Waals surface area (Å²) in [5.74, 6) is 2.02. The van der Waals surface area contributed by atoms with Crippen molar-refractivity contribution in [2.24, 2.45) is 0 Å². The van der Waals surface area contributed by atoms with Crippen molar-refractivity contribution in [3.8, 4) is 23.0 Å². The first-order valence-electron chi connectivity index (χ1n) is 15.5. The topological polar surface area (TPSA) is 71.1 Å². The highest BCUT2D eigenvalue weighted by atomic mass is 16.6. The molecule has 0 fully saturated rings. The largest absolute Gasteiger partial charge is 0.493 e. The minimum atomic E-state index is -0.458. The second kappa shape index (κ2) is 16.8. The smallest absolute Gasteiger partial charge is 0.343 e. The van der Waals surface area contributed by atoms with E-state index in [1.165, 1.54) is 7.11 Å². The molecule has 0 aliphatic carbocycles. The van der Waals surface area contributed by atoms with Gasteiger partial charge in [-0.15, -0.1) is 0 Å². The lowest BCUT2D eigenvalue weighted by molar-refractivity contribution is -0.122. The predicted octanol–water partition coefficient (Wildman–Crippen LogP) is 8.82. The molecule has 5 aromatic carbocycles. The molecule has 5 rings (SSSR count). The molecular weight excluding hydrogens is 576 g/mol. The molecule has 0 N–H and O–H groups in total. The summed E-state index contributed by atoms with van der Waals surface area (Å²) in [6.45, 7) is 0.447. The van der Waals surface area contributed by atoms with Gasteiger partial charge in [0.05, 0.1) is 25.4 Å². The average Bonchev–Trinajstić information content (AvgIpc) is 3.11. The minimum absolute atomic E-state index is 0.128. The fourth-order valence-electron chi connectivity index (χ4n) is 5.03. The van der Waals surface area contributed by atoms with Crippen molar-refractivity contribution < 1.29 is 28.5 Å². The Morgan fingerprint density at radius 2 is 1.26 bits per heavy atom. The fourth-order valence-corrected chi connectivity index (χ4v) is 5.03. The molecule has 0 radical (unpaired) electrons. The zero-order chi connectivity index (χ0) is 32.0. The third-order valence-corrected chi connectivity index (χ3v) is 7.57. The van der Waals surface area contributed by atoms with Gasteiger partial charge < -0.3 is 18.9 Å². The number of Topliss-reactive ketones (excluding diaryl/α,β-unsaturated/α-hetero) is 1. The molecule has 0 aromatic heterocycles. The quantitative estimate of drug-likeness (QED) is 0.0817. The maximum atomic E-state index is 13.2. The van der Waals surface area contributed by atoms with E-state index in [1.807, 2.05) is 91.0 Å². The molecule has 6 nitrogen and oxygen atoms in total. The lowest BCUT2D eigenvalue weighted by Gasteiger charge is -2.18. The Kier molecular flexibility index (Phi) is 11.7. The minimum Gasteiger partial charge on any atom is -0.493 e. The van der Waals surface area contributed by atoms with E-state index in [0.717, 1.165) is 34.6 Å². The molecule has 0 aliphatic heterocycles. The van der Waals surface area contributed by atoms with Crippen LogP contribution in [-0.4, -0.2) is 25.0 Å². The summed E-state index contributed by atoms with van der Waals surface area (Å²) in [5, 5.41) is 0. The van der Waals surface area contributed by atoms with Crippen molar-refractivity contribution in [2.45, 2.75) is 44.8 Å². The highest BCUT2D eigenvalue weighted by molar-refractivity contribution is 5.91.